The molecule has 7 nitrogen and oxygen atoms in total. The Morgan fingerprint density at radius 2 is 1.65 bits per heavy atom. The Bertz CT molecular complexity index is 1080. The highest BCUT2D eigenvalue weighted by Crippen LogP contribution is 2.21. The van der Waals surface area contributed by atoms with Gasteiger partial charge in [-0.2, -0.15) is 0 Å². The molecule has 0 aliphatic heterocycles. The van der Waals surface area contributed by atoms with E-state index in [1.165, 1.54) is 17.0 Å². The lowest BCUT2D eigenvalue weighted by molar-refractivity contribution is -0.140. The zero-order valence-electron chi connectivity index (χ0n) is 19.8. The Morgan fingerprint density at radius 3 is 2.15 bits per heavy atom. The fourth-order valence-corrected chi connectivity index (χ4v) is 4.56. The Morgan fingerprint density at radius 1 is 1.06 bits per heavy atom. The van der Waals surface area contributed by atoms with E-state index in [1.54, 1.807) is 43.3 Å². The third-order valence-corrected chi connectivity index (χ3v) is 6.99. The van der Waals surface area contributed by atoms with Crippen LogP contribution in [0, 0.1) is 15.3 Å². The first-order valence-corrected chi connectivity index (χ1v) is 13.9. The zero-order chi connectivity index (χ0) is 25.5. The van der Waals surface area contributed by atoms with Crippen molar-refractivity contribution in [2.45, 2.75) is 39.8 Å². The van der Waals surface area contributed by atoms with Crippen LogP contribution in [0.2, 0.25) is 0 Å². The van der Waals surface area contributed by atoms with E-state index in [4.69, 9.17) is 0 Å². The van der Waals surface area contributed by atoms with Crippen molar-refractivity contribution in [2.75, 3.05) is 23.7 Å². The summed E-state index contributed by atoms with van der Waals surface area (Å²) >= 11 is 2.11. The quantitative estimate of drug-likeness (QED) is 0.397. The molecule has 1 N–H and O–H groups in total. The molecule has 0 fully saturated rings. The van der Waals surface area contributed by atoms with Crippen LogP contribution in [0.1, 0.15) is 32.8 Å². The van der Waals surface area contributed by atoms with E-state index in [2.05, 4.69) is 27.9 Å². The summed E-state index contributed by atoms with van der Waals surface area (Å²) in [6.45, 7) is 5.75. The number of carbonyl (C=O) groups is 2. The third kappa shape index (κ3) is 8.23. The largest absolute Gasteiger partial charge is 0.354 e. The maximum Gasteiger partial charge on any atom is 0.244 e. The number of hydrogen-bond acceptors (Lipinski definition) is 4. The van der Waals surface area contributed by atoms with Crippen LogP contribution in [0.4, 0.5) is 10.1 Å². The highest BCUT2D eigenvalue weighted by molar-refractivity contribution is 14.1. The molecule has 1 unspecified atom stereocenters. The molecule has 0 aliphatic carbocycles. The molecule has 0 radical (unpaired) electrons. The van der Waals surface area contributed by atoms with Crippen molar-refractivity contribution in [2.24, 2.45) is 5.92 Å². The number of nitrogens with one attached hydrogen (secondary N) is 1. The first-order valence-electron chi connectivity index (χ1n) is 11.0. The number of nitrogens with zero attached hydrogens (tertiary/aromatic N) is 2. The summed E-state index contributed by atoms with van der Waals surface area (Å²) in [6.07, 6.45) is 1.37. The minimum atomic E-state index is -3.78. The molecular weight excluding hydrogens is 572 g/mol. The van der Waals surface area contributed by atoms with Crippen LogP contribution in [0.3, 0.4) is 0 Å². The van der Waals surface area contributed by atoms with Gasteiger partial charge in [-0.15, -0.1) is 0 Å². The summed E-state index contributed by atoms with van der Waals surface area (Å²) in [5, 5.41) is 2.86. The maximum atomic E-state index is 13.5. The lowest BCUT2D eigenvalue weighted by Crippen LogP contribution is -2.52. The monoisotopic (exact) mass is 603 g/mol. The second-order valence-electron chi connectivity index (χ2n) is 8.46. The van der Waals surface area contributed by atoms with Crippen LogP contribution in [-0.4, -0.2) is 50.5 Å². The van der Waals surface area contributed by atoms with E-state index in [0.717, 1.165) is 14.1 Å². The molecule has 34 heavy (non-hydrogen) atoms. The number of hydrogen-bond donors (Lipinski definition) is 1. The molecule has 0 aromatic heterocycles. The van der Waals surface area contributed by atoms with Gasteiger partial charge in [0.2, 0.25) is 21.8 Å². The molecule has 186 valence electrons. The van der Waals surface area contributed by atoms with E-state index in [1.807, 2.05) is 13.8 Å². The summed E-state index contributed by atoms with van der Waals surface area (Å²) in [4.78, 5) is 27.8. The Hall–Kier alpha value is -2.21. The summed E-state index contributed by atoms with van der Waals surface area (Å²) in [5.41, 5.74) is 0.986. The summed E-state index contributed by atoms with van der Waals surface area (Å²) in [6, 6.07) is 11.6. The number of carbonyl (C=O) groups excluding carboxylic acids is 2. The number of benzene rings is 2. The first kappa shape index (κ1) is 28.0. The normalized spacial score (nSPS) is 12.3. The second kappa shape index (κ2) is 12.5. The fourth-order valence-electron chi connectivity index (χ4n) is 3.35. The van der Waals surface area contributed by atoms with Crippen LogP contribution in [-0.2, 0) is 26.2 Å². The summed E-state index contributed by atoms with van der Waals surface area (Å²) < 4.78 is 40.5. The van der Waals surface area contributed by atoms with E-state index in [9.17, 15) is 22.4 Å². The molecule has 1 atom stereocenters. The summed E-state index contributed by atoms with van der Waals surface area (Å²) in [7, 11) is -3.78. The number of amides is 2. The predicted molar refractivity (Wildman–Crippen MR) is 140 cm³/mol. The Kier molecular flexibility index (Phi) is 10.3. The van der Waals surface area contributed by atoms with Crippen LogP contribution in [0.15, 0.2) is 48.5 Å². The van der Waals surface area contributed by atoms with Gasteiger partial charge in [-0.3, -0.25) is 13.9 Å². The number of anilines is 1. The van der Waals surface area contributed by atoms with Gasteiger partial charge in [-0.1, -0.05) is 32.9 Å². The third-order valence-electron chi connectivity index (χ3n) is 5.13. The Labute approximate surface area is 214 Å². The molecule has 0 heterocycles. The van der Waals surface area contributed by atoms with Gasteiger partial charge in [0.25, 0.3) is 0 Å². The van der Waals surface area contributed by atoms with Crippen LogP contribution in [0.5, 0.6) is 0 Å². The number of sulfonamides is 1. The maximum absolute atomic E-state index is 13.5. The molecule has 0 saturated heterocycles. The van der Waals surface area contributed by atoms with Gasteiger partial charge in [0.1, 0.15) is 18.4 Å². The topological polar surface area (TPSA) is 86.8 Å². The standard InChI is InChI=1S/C24H31FIN3O4S/c1-5-22(24(31)27-14-17(2)3)28(15-18-6-8-19(25)9-7-18)23(30)16-29(34(4,32)33)21-12-10-20(26)11-13-21/h6-13,17,22H,5,14-16H2,1-4H3,(H,27,31). The van der Waals surface area contributed by atoms with Gasteiger partial charge < -0.3 is 10.2 Å². The molecule has 0 bridgehead atoms. The van der Waals surface area contributed by atoms with Gasteiger partial charge in [0.05, 0.1) is 11.9 Å². The smallest absolute Gasteiger partial charge is 0.244 e. The lowest BCUT2D eigenvalue weighted by Gasteiger charge is -2.33. The number of rotatable bonds is 11. The van der Waals surface area contributed by atoms with Gasteiger partial charge >= 0.3 is 0 Å². The fraction of sp³-hybridized carbons (Fsp3) is 0.417. The van der Waals surface area contributed by atoms with Crippen molar-refractivity contribution >= 4 is 50.1 Å². The average molecular weight is 603 g/mol. The van der Waals surface area contributed by atoms with Crippen molar-refractivity contribution in [1.29, 1.82) is 0 Å². The molecule has 0 spiro atoms. The SMILES string of the molecule is CCC(C(=O)NCC(C)C)N(Cc1ccc(F)cc1)C(=O)CN(c1ccc(I)cc1)S(C)(=O)=O. The van der Waals surface area contributed by atoms with Crippen molar-refractivity contribution < 1.29 is 22.4 Å². The molecule has 10 heteroatoms. The minimum absolute atomic E-state index is 0.0387. The van der Waals surface area contributed by atoms with E-state index in [0.29, 0.717) is 24.2 Å². The van der Waals surface area contributed by atoms with Gasteiger partial charge in [0.15, 0.2) is 0 Å². The van der Waals surface area contributed by atoms with Crippen LogP contribution >= 0.6 is 22.6 Å². The number of halogens is 2. The van der Waals surface area contributed by atoms with Gasteiger partial charge in [-0.05, 0) is 76.9 Å². The average Bonchev–Trinajstić information content (AvgIpc) is 2.77. The predicted octanol–water partition coefficient (Wildman–Crippen LogP) is 3.78. The van der Waals surface area contributed by atoms with Crippen molar-refractivity contribution in [3.05, 3.63) is 63.5 Å². The molecule has 0 aliphatic rings. The zero-order valence-corrected chi connectivity index (χ0v) is 22.8. The van der Waals surface area contributed by atoms with E-state index in [-0.39, 0.29) is 18.4 Å². The first-order chi connectivity index (χ1) is 15.9. The molecule has 2 rings (SSSR count). The molecular formula is C24H31FIN3O4S. The molecule has 2 amide bonds. The van der Waals surface area contributed by atoms with Crippen LogP contribution < -0.4 is 9.62 Å². The van der Waals surface area contributed by atoms with Gasteiger partial charge in [0, 0.05) is 16.7 Å². The minimum Gasteiger partial charge on any atom is -0.354 e. The van der Waals surface area contributed by atoms with Crippen molar-refractivity contribution in [3.8, 4) is 0 Å². The molecule has 2 aromatic rings. The Balaban J connectivity index is 2.39. The van der Waals surface area contributed by atoms with E-state index >= 15 is 0 Å². The highest BCUT2D eigenvalue weighted by atomic mass is 127. The summed E-state index contributed by atoms with van der Waals surface area (Å²) in [5.74, 6) is -1.03. The van der Waals surface area contributed by atoms with Crippen molar-refractivity contribution in [1.82, 2.24) is 10.2 Å². The second-order valence-corrected chi connectivity index (χ2v) is 11.6. The van der Waals surface area contributed by atoms with E-state index < -0.39 is 34.3 Å². The van der Waals surface area contributed by atoms with Crippen LogP contribution in [0.25, 0.3) is 0 Å². The molecule has 2 aromatic carbocycles. The highest BCUT2D eigenvalue weighted by Gasteiger charge is 2.31. The lowest BCUT2D eigenvalue weighted by atomic mass is 10.1. The molecule has 0 saturated carbocycles. The van der Waals surface area contributed by atoms with Gasteiger partial charge in [-0.25, -0.2) is 12.8 Å². The van der Waals surface area contributed by atoms with Crippen molar-refractivity contribution in [3.63, 3.8) is 0 Å².